The summed E-state index contributed by atoms with van der Waals surface area (Å²) in [6.45, 7) is 7.53. The number of hydrogen-bond acceptors (Lipinski definition) is 5. The molecule has 5 heteroatoms. The molecule has 0 amide bonds. The topological polar surface area (TPSA) is 61.8 Å². The van der Waals surface area contributed by atoms with E-state index in [-0.39, 0.29) is 25.2 Å². The SMILES string of the molecule is CC/C=C\C/C=C\C/C=C\C/C=C\CCCOCC(COC(=O)CCCCCCCCCCCCC)OC(=O)CCCCCCCCC. The molecular weight excluding hydrogens is 596 g/mol. The maximum absolute atomic E-state index is 12.6. The summed E-state index contributed by atoms with van der Waals surface area (Å²) in [5.74, 6) is -0.434. The summed E-state index contributed by atoms with van der Waals surface area (Å²) in [7, 11) is 0. The maximum atomic E-state index is 12.6. The zero-order chi connectivity index (χ0) is 35.0. The first-order valence-corrected chi connectivity index (χ1v) is 20.2. The minimum absolute atomic E-state index is 0.0660. The zero-order valence-electron chi connectivity index (χ0n) is 31.7. The lowest BCUT2D eigenvalue weighted by Crippen LogP contribution is -2.30. The monoisotopic (exact) mass is 673 g/mol. The second kappa shape index (κ2) is 39.3. The molecule has 0 heterocycles. The van der Waals surface area contributed by atoms with Crippen LogP contribution in [-0.4, -0.2) is 37.9 Å². The lowest BCUT2D eigenvalue weighted by Gasteiger charge is -2.18. The number of carbonyl (C=O) groups excluding carboxylic acids is 2. The van der Waals surface area contributed by atoms with Gasteiger partial charge >= 0.3 is 11.9 Å². The fourth-order valence-corrected chi connectivity index (χ4v) is 5.39. The molecule has 0 aliphatic carbocycles. The summed E-state index contributed by atoms with van der Waals surface area (Å²) >= 11 is 0. The van der Waals surface area contributed by atoms with Crippen molar-refractivity contribution >= 4 is 11.9 Å². The van der Waals surface area contributed by atoms with Gasteiger partial charge in [0.05, 0.1) is 6.61 Å². The van der Waals surface area contributed by atoms with Crippen LogP contribution in [0.3, 0.4) is 0 Å². The first-order chi connectivity index (χ1) is 23.6. The van der Waals surface area contributed by atoms with E-state index in [0.717, 1.165) is 70.6 Å². The van der Waals surface area contributed by atoms with Gasteiger partial charge in [-0.05, 0) is 51.4 Å². The normalized spacial score (nSPS) is 12.6. The Bertz CT molecular complexity index is 812. The highest BCUT2D eigenvalue weighted by Crippen LogP contribution is 2.13. The van der Waals surface area contributed by atoms with Gasteiger partial charge in [-0.15, -0.1) is 0 Å². The first kappa shape index (κ1) is 45.9. The Morgan fingerprint density at radius 1 is 0.479 bits per heavy atom. The van der Waals surface area contributed by atoms with Crippen LogP contribution in [0.25, 0.3) is 0 Å². The first-order valence-electron chi connectivity index (χ1n) is 20.2. The van der Waals surface area contributed by atoms with Crippen LogP contribution in [0.1, 0.15) is 188 Å². The van der Waals surface area contributed by atoms with E-state index >= 15 is 0 Å². The molecule has 0 aromatic heterocycles. The summed E-state index contributed by atoms with van der Waals surface area (Å²) in [6.07, 6.45) is 45.5. The van der Waals surface area contributed by atoms with E-state index in [0.29, 0.717) is 19.4 Å². The van der Waals surface area contributed by atoms with Gasteiger partial charge in [0.25, 0.3) is 0 Å². The number of carbonyl (C=O) groups is 2. The number of hydrogen-bond donors (Lipinski definition) is 0. The van der Waals surface area contributed by atoms with Crippen molar-refractivity contribution in [2.75, 3.05) is 19.8 Å². The fraction of sp³-hybridized carbons (Fsp3) is 0.767. The van der Waals surface area contributed by atoms with Crippen molar-refractivity contribution in [2.45, 2.75) is 194 Å². The lowest BCUT2D eigenvalue weighted by molar-refractivity contribution is -0.163. The molecule has 1 unspecified atom stereocenters. The minimum atomic E-state index is -0.555. The van der Waals surface area contributed by atoms with E-state index in [2.05, 4.69) is 69.4 Å². The molecule has 0 radical (unpaired) electrons. The van der Waals surface area contributed by atoms with E-state index in [4.69, 9.17) is 14.2 Å². The molecule has 0 saturated heterocycles. The Balaban J connectivity index is 4.28. The standard InChI is InChI=1S/C43H76O5/c1-4-7-10-13-16-18-20-21-22-24-26-29-32-35-38-46-39-41(48-43(45)37-34-31-27-15-12-9-6-3)40-47-42(44)36-33-30-28-25-23-19-17-14-11-8-5-2/h7,10,16,18,21-22,26,29,41H,4-6,8-9,11-15,17,19-20,23-25,27-28,30-40H2,1-3H3/b10-7-,18-16-,22-21-,29-26-. The largest absolute Gasteiger partial charge is 0.462 e. The molecule has 0 aliphatic heterocycles. The molecular formula is C43H76O5. The Hall–Kier alpha value is -2.14. The molecule has 5 nitrogen and oxygen atoms in total. The van der Waals surface area contributed by atoms with Crippen molar-refractivity contribution in [1.29, 1.82) is 0 Å². The average molecular weight is 673 g/mol. The van der Waals surface area contributed by atoms with E-state index < -0.39 is 6.10 Å². The number of unbranched alkanes of at least 4 members (excludes halogenated alkanes) is 17. The molecule has 0 saturated carbocycles. The summed E-state index contributed by atoms with van der Waals surface area (Å²) in [5.41, 5.74) is 0. The zero-order valence-corrected chi connectivity index (χ0v) is 31.7. The highest BCUT2D eigenvalue weighted by molar-refractivity contribution is 5.70. The molecule has 0 aromatic carbocycles. The van der Waals surface area contributed by atoms with Gasteiger partial charge in [0.1, 0.15) is 6.61 Å². The van der Waals surface area contributed by atoms with E-state index in [1.54, 1.807) is 0 Å². The van der Waals surface area contributed by atoms with Crippen molar-refractivity contribution in [3.63, 3.8) is 0 Å². The Labute approximate surface area is 297 Å². The van der Waals surface area contributed by atoms with Crippen LogP contribution in [-0.2, 0) is 23.8 Å². The second-order valence-electron chi connectivity index (χ2n) is 13.2. The number of allylic oxidation sites excluding steroid dienone is 8. The Kier molecular flexibility index (Phi) is 37.5. The van der Waals surface area contributed by atoms with Gasteiger partial charge < -0.3 is 14.2 Å². The number of esters is 2. The third-order valence-corrected chi connectivity index (χ3v) is 8.38. The van der Waals surface area contributed by atoms with Crippen LogP contribution in [0.5, 0.6) is 0 Å². The summed E-state index contributed by atoms with van der Waals surface area (Å²) in [4.78, 5) is 25.0. The van der Waals surface area contributed by atoms with Gasteiger partial charge in [0, 0.05) is 19.4 Å². The van der Waals surface area contributed by atoms with E-state index in [1.165, 1.54) is 83.5 Å². The van der Waals surface area contributed by atoms with Gasteiger partial charge in [-0.1, -0.05) is 172 Å². The predicted octanol–water partition coefficient (Wildman–Crippen LogP) is 12.9. The molecule has 48 heavy (non-hydrogen) atoms. The van der Waals surface area contributed by atoms with Crippen molar-refractivity contribution in [3.05, 3.63) is 48.6 Å². The van der Waals surface area contributed by atoms with Gasteiger partial charge in [-0.2, -0.15) is 0 Å². The highest BCUT2D eigenvalue weighted by atomic mass is 16.6. The van der Waals surface area contributed by atoms with E-state index in [9.17, 15) is 9.59 Å². The van der Waals surface area contributed by atoms with Crippen LogP contribution in [0, 0.1) is 0 Å². The molecule has 278 valence electrons. The lowest BCUT2D eigenvalue weighted by atomic mass is 10.1. The maximum Gasteiger partial charge on any atom is 0.306 e. The summed E-state index contributed by atoms with van der Waals surface area (Å²) in [5, 5.41) is 0. The van der Waals surface area contributed by atoms with E-state index in [1.807, 2.05) is 0 Å². The van der Waals surface area contributed by atoms with Crippen molar-refractivity contribution in [2.24, 2.45) is 0 Å². The van der Waals surface area contributed by atoms with Crippen LogP contribution in [0.2, 0.25) is 0 Å². The Morgan fingerprint density at radius 3 is 1.42 bits per heavy atom. The van der Waals surface area contributed by atoms with Crippen LogP contribution < -0.4 is 0 Å². The van der Waals surface area contributed by atoms with Crippen LogP contribution >= 0.6 is 0 Å². The molecule has 0 bridgehead atoms. The number of ether oxygens (including phenoxy) is 3. The third kappa shape index (κ3) is 36.7. The molecule has 0 aliphatic rings. The molecule has 1 atom stereocenters. The molecule has 0 rings (SSSR count). The summed E-state index contributed by atoms with van der Waals surface area (Å²) in [6, 6.07) is 0. The molecule has 0 spiro atoms. The van der Waals surface area contributed by atoms with Crippen LogP contribution in [0.15, 0.2) is 48.6 Å². The van der Waals surface area contributed by atoms with Crippen molar-refractivity contribution < 1.29 is 23.8 Å². The Morgan fingerprint density at radius 2 is 0.917 bits per heavy atom. The quantitative estimate of drug-likeness (QED) is 0.0376. The van der Waals surface area contributed by atoms with Crippen LogP contribution in [0.4, 0.5) is 0 Å². The number of rotatable bonds is 36. The fourth-order valence-electron chi connectivity index (χ4n) is 5.39. The van der Waals surface area contributed by atoms with Gasteiger partial charge in [0.2, 0.25) is 0 Å². The summed E-state index contributed by atoms with van der Waals surface area (Å²) < 4.78 is 17.1. The second-order valence-corrected chi connectivity index (χ2v) is 13.2. The minimum Gasteiger partial charge on any atom is -0.462 e. The highest BCUT2D eigenvalue weighted by Gasteiger charge is 2.17. The van der Waals surface area contributed by atoms with Crippen molar-refractivity contribution in [3.8, 4) is 0 Å². The third-order valence-electron chi connectivity index (χ3n) is 8.38. The molecule has 0 fully saturated rings. The molecule has 0 N–H and O–H groups in total. The van der Waals surface area contributed by atoms with Gasteiger partial charge in [-0.25, -0.2) is 0 Å². The van der Waals surface area contributed by atoms with Crippen molar-refractivity contribution in [1.82, 2.24) is 0 Å². The van der Waals surface area contributed by atoms with Gasteiger partial charge in [0.15, 0.2) is 6.10 Å². The van der Waals surface area contributed by atoms with Gasteiger partial charge in [-0.3, -0.25) is 9.59 Å². The molecule has 0 aromatic rings. The average Bonchev–Trinajstić information content (AvgIpc) is 3.08. The smallest absolute Gasteiger partial charge is 0.306 e. The predicted molar refractivity (Wildman–Crippen MR) is 205 cm³/mol.